The lowest BCUT2D eigenvalue weighted by molar-refractivity contribution is -0.156. The fourth-order valence-electron chi connectivity index (χ4n) is 5.42. The van der Waals surface area contributed by atoms with Crippen LogP contribution in [-0.2, 0) is 11.3 Å². The van der Waals surface area contributed by atoms with Gasteiger partial charge in [-0.15, -0.1) is 13.2 Å². The highest BCUT2D eigenvalue weighted by molar-refractivity contribution is 6.08. The second-order valence-electron chi connectivity index (χ2n) is 9.71. The predicted octanol–water partition coefficient (Wildman–Crippen LogP) is 4.59. The van der Waals surface area contributed by atoms with E-state index in [0.29, 0.717) is 35.1 Å². The molecule has 1 amide bonds. The highest BCUT2D eigenvalue weighted by atomic mass is 19.4. The summed E-state index contributed by atoms with van der Waals surface area (Å²) < 4.78 is 60.1. The number of ether oxygens (including phenoxy) is 1. The lowest BCUT2D eigenvalue weighted by atomic mass is 9.85. The average Bonchev–Trinajstić information content (AvgIpc) is 3.42. The van der Waals surface area contributed by atoms with Crippen molar-refractivity contribution in [3.63, 3.8) is 0 Å². The smallest absolute Gasteiger partial charge is 0.382 e. The topological polar surface area (TPSA) is 110 Å². The van der Waals surface area contributed by atoms with Gasteiger partial charge in [0.25, 0.3) is 5.91 Å². The highest BCUT2D eigenvalue weighted by Gasteiger charge is 2.41. The molecule has 2 atom stereocenters. The van der Waals surface area contributed by atoms with Crippen molar-refractivity contribution in [2.24, 2.45) is 5.10 Å². The molecule has 0 radical (unpaired) electrons. The number of piperidine rings is 1. The van der Waals surface area contributed by atoms with E-state index in [4.69, 9.17) is 10.5 Å². The van der Waals surface area contributed by atoms with Gasteiger partial charge in [-0.1, -0.05) is 18.7 Å². The van der Waals surface area contributed by atoms with Crippen molar-refractivity contribution >= 4 is 40.1 Å². The molecule has 9 nitrogen and oxygen atoms in total. The summed E-state index contributed by atoms with van der Waals surface area (Å²) in [6, 6.07) is 7.46. The van der Waals surface area contributed by atoms with Crippen LogP contribution in [0, 0.1) is 5.82 Å². The Balaban J connectivity index is 1.34. The Morgan fingerprint density at radius 1 is 1.25 bits per heavy atom. The van der Waals surface area contributed by atoms with Gasteiger partial charge >= 0.3 is 6.30 Å². The van der Waals surface area contributed by atoms with E-state index >= 15 is 4.39 Å². The summed E-state index contributed by atoms with van der Waals surface area (Å²) in [5, 5.41) is 3.18. The van der Waals surface area contributed by atoms with E-state index in [1.54, 1.807) is 27.6 Å². The van der Waals surface area contributed by atoms with Crippen molar-refractivity contribution < 1.29 is 27.1 Å². The lowest BCUT2D eigenvalue weighted by Gasteiger charge is -2.44. The third-order valence-corrected chi connectivity index (χ3v) is 7.23. The van der Waals surface area contributed by atoms with Gasteiger partial charge in [-0.25, -0.2) is 19.8 Å². The maximum absolute atomic E-state index is 15.3. The number of hydrogen-bond acceptors (Lipinski definition) is 7. The molecule has 0 unspecified atom stereocenters. The molecule has 2 aliphatic rings. The van der Waals surface area contributed by atoms with Gasteiger partial charge in [-0.2, -0.15) is 5.10 Å². The number of amides is 1. The standard InChI is InChI=1S/C27H23F4N7O2/c1-14(10-34-36-27(29,30)31)15-4-5-17-16(7-15)12-40-23-3-2-6-37(24(17)23)26(39)18-8-21-20(9-19(18)28)35-25(32)22-11-33-13-38(21)22/h4-5,7-11,13,23-24,36H,1-3,6,12H2,(H2,32,35)/b34-10-/t23-,24-/m0/s1. The number of allylic oxidation sites excluding steroid dienone is 1. The Morgan fingerprint density at radius 2 is 2.08 bits per heavy atom. The Hall–Kier alpha value is -4.52. The lowest BCUT2D eigenvalue weighted by Crippen LogP contribution is -2.48. The van der Waals surface area contributed by atoms with E-state index < -0.39 is 24.1 Å². The van der Waals surface area contributed by atoms with Crippen LogP contribution in [0.1, 0.15) is 45.9 Å². The molecule has 4 heterocycles. The fourth-order valence-corrected chi connectivity index (χ4v) is 5.42. The molecule has 6 rings (SSSR count). The first-order valence-corrected chi connectivity index (χ1v) is 12.4. The van der Waals surface area contributed by atoms with Gasteiger partial charge in [-0.3, -0.25) is 9.20 Å². The van der Waals surface area contributed by atoms with E-state index in [1.165, 1.54) is 18.5 Å². The first-order chi connectivity index (χ1) is 19.1. The molecular weight excluding hydrogens is 530 g/mol. The zero-order valence-electron chi connectivity index (χ0n) is 21.0. The number of nitrogens with two attached hydrogens (primary N) is 1. The van der Waals surface area contributed by atoms with Gasteiger partial charge in [-0.05, 0) is 47.2 Å². The van der Waals surface area contributed by atoms with Gasteiger partial charge in [0.15, 0.2) is 0 Å². The maximum Gasteiger partial charge on any atom is 0.497 e. The second kappa shape index (κ2) is 9.59. The van der Waals surface area contributed by atoms with Gasteiger partial charge < -0.3 is 15.4 Å². The molecule has 13 heteroatoms. The summed E-state index contributed by atoms with van der Waals surface area (Å²) in [4.78, 5) is 23.8. The first-order valence-electron chi connectivity index (χ1n) is 12.4. The van der Waals surface area contributed by atoms with Crippen molar-refractivity contribution in [3.8, 4) is 0 Å². The zero-order valence-corrected chi connectivity index (χ0v) is 21.0. The van der Waals surface area contributed by atoms with Crippen molar-refractivity contribution in [1.82, 2.24) is 24.7 Å². The third-order valence-electron chi connectivity index (χ3n) is 7.23. The molecule has 206 valence electrons. The van der Waals surface area contributed by atoms with Crippen LogP contribution < -0.4 is 11.2 Å². The molecule has 0 spiro atoms. The third kappa shape index (κ3) is 4.51. The largest absolute Gasteiger partial charge is 0.497 e. The quantitative estimate of drug-likeness (QED) is 0.166. The summed E-state index contributed by atoms with van der Waals surface area (Å²) in [6.07, 6.45) is 0.517. The van der Waals surface area contributed by atoms with Gasteiger partial charge in [0, 0.05) is 12.6 Å². The van der Waals surface area contributed by atoms with Crippen molar-refractivity contribution in [2.75, 3.05) is 12.3 Å². The number of hydrogen-bond donors (Lipinski definition) is 2. The van der Waals surface area contributed by atoms with Crippen LogP contribution in [0.3, 0.4) is 0 Å². The number of aromatic nitrogens is 3. The Kier molecular flexibility index (Phi) is 6.17. The summed E-state index contributed by atoms with van der Waals surface area (Å²) in [7, 11) is 0. The van der Waals surface area contributed by atoms with E-state index in [0.717, 1.165) is 29.2 Å². The SMILES string of the molecule is C=C(/C=N\NC(F)(F)F)c1ccc2c(c1)CO[C@H]1CCCN(C(=O)c3cc4c(cc3F)nc(N)c3cncn34)[C@@H]21. The Labute approximate surface area is 224 Å². The van der Waals surface area contributed by atoms with E-state index in [9.17, 15) is 18.0 Å². The molecule has 1 saturated heterocycles. The van der Waals surface area contributed by atoms with Crippen LogP contribution in [0.4, 0.5) is 23.4 Å². The number of nitrogens with zero attached hydrogens (tertiary/aromatic N) is 5. The molecular formula is C27H23F4N7O2. The molecule has 2 aromatic carbocycles. The van der Waals surface area contributed by atoms with E-state index in [2.05, 4.69) is 21.6 Å². The van der Waals surface area contributed by atoms with Gasteiger partial charge in [0.2, 0.25) is 0 Å². The number of likely N-dealkylation sites (tertiary alicyclic amines) is 1. The number of hydrazone groups is 1. The summed E-state index contributed by atoms with van der Waals surface area (Å²) in [5.41, 5.74) is 10.7. The molecule has 0 bridgehead atoms. The Morgan fingerprint density at radius 3 is 2.88 bits per heavy atom. The first kappa shape index (κ1) is 25.7. The number of anilines is 1. The minimum absolute atomic E-state index is 0.111. The number of imidazole rings is 1. The van der Waals surface area contributed by atoms with Crippen LogP contribution >= 0.6 is 0 Å². The summed E-state index contributed by atoms with van der Waals surface area (Å²) in [6.45, 7) is 4.44. The zero-order chi connectivity index (χ0) is 28.2. The number of nitrogens with one attached hydrogen (secondary N) is 1. The maximum atomic E-state index is 15.3. The highest BCUT2D eigenvalue weighted by Crippen LogP contribution is 2.41. The van der Waals surface area contributed by atoms with Gasteiger partial charge in [0.1, 0.15) is 17.2 Å². The van der Waals surface area contributed by atoms with Crippen LogP contribution in [0.2, 0.25) is 0 Å². The second-order valence-corrected chi connectivity index (χ2v) is 9.71. The molecule has 40 heavy (non-hydrogen) atoms. The summed E-state index contributed by atoms with van der Waals surface area (Å²) >= 11 is 0. The number of nitrogen functional groups attached to an aromatic ring is 1. The van der Waals surface area contributed by atoms with Gasteiger partial charge in [0.05, 0.1) is 54.1 Å². The fraction of sp³-hybridized carbons (Fsp3) is 0.259. The molecule has 0 aliphatic carbocycles. The molecule has 4 aromatic rings. The van der Waals surface area contributed by atoms with Crippen molar-refractivity contribution in [2.45, 2.75) is 37.9 Å². The van der Waals surface area contributed by atoms with Crippen LogP contribution in [-0.4, -0.2) is 50.3 Å². The Bertz CT molecular complexity index is 1700. The number of carbonyl (C=O) groups excluding carboxylic acids is 1. The number of alkyl halides is 3. The van der Waals surface area contributed by atoms with Crippen molar-refractivity contribution in [3.05, 3.63) is 77.5 Å². The van der Waals surface area contributed by atoms with Crippen LogP contribution in [0.5, 0.6) is 0 Å². The average molecular weight is 554 g/mol. The monoisotopic (exact) mass is 553 g/mol. The number of rotatable bonds is 4. The minimum atomic E-state index is -4.65. The van der Waals surface area contributed by atoms with E-state index in [-0.39, 0.29) is 29.7 Å². The molecule has 2 aromatic heterocycles. The number of halogens is 4. The molecule has 0 saturated carbocycles. The minimum Gasteiger partial charge on any atom is -0.382 e. The number of fused-ring (bicyclic) bond motifs is 6. The number of carbonyl (C=O) groups is 1. The van der Waals surface area contributed by atoms with Crippen LogP contribution in [0.15, 0.2) is 54.5 Å². The van der Waals surface area contributed by atoms with Crippen LogP contribution in [0.25, 0.3) is 22.1 Å². The normalized spacial score (nSPS) is 19.1. The molecule has 2 aliphatic heterocycles. The molecule has 1 fully saturated rings. The summed E-state index contributed by atoms with van der Waals surface area (Å²) in [5.74, 6) is -1.01. The predicted molar refractivity (Wildman–Crippen MR) is 140 cm³/mol. The van der Waals surface area contributed by atoms with Crippen molar-refractivity contribution in [1.29, 1.82) is 0 Å². The van der Waals surface area contributed by atoms with E-state index in [1.807, 2.05) is 6.07 Å². The molecule has 3 N–H and O–H groups in total. The number of benzene rings is 2.